The van der Waals surface area contributed by atoms with Crippen molar-refractivity contribution in [3.8, 4) is 28.7 Å². The Kier molecular flexibility index (Phi) is 8.00. The monoisotopic (exact) mass is 705 g/mol. The van der Waals surface area contributed by atoms with Crippen molar-refractivity contribution in [2.45, 2.75) is 58.3 Å². The fourth-order valence-electron chi connectivity index (χ4n) is 8.64. The van der Waals surface area contributed by atoms with Gasteiger partial charge >= 0.3 is 5.97 Å². The molecule has 3 saturated heterocycles. The van der Waals surface area contributed by atoms with Crippen LogP contribution in [0.5, 0.6) is 0 Å². The van der Waals surface area contributed by atoms with Crippen LogP contribution >= 0.6 is 0 Å². The summed E-state index contributed by atoms with van der Waals surface area (Å²) in [6, 6.07) is 22.7. The van der Waals surface area contributed by atoms with E-state index in [-0.39, 0.29) is 12.1 Å². The van der Waals surface area contributed by atoms with Crippen molar-refractivity contribution in [2.24, 2.45) is 5.41 Å². The number of nitrogens with zero attached hydrogens (tertiary/aromatic N) is 6. The molecule has 2 bridgehead atoms. The standard InChI is InChI=1S/C42H39N7O4/c1-24-32(33-6-4-8-35(25(33)2)46-39-37-28(9-11-44-39)14-27(19-45-37)20-48-12-10-31(50)22-48)5-3-7-34(24)40-47-36-15-26(13-29(18-43)38(36)53-40)21-49-23-42(41(51)52)16-30(49)17-42/h3-9,11,13-15,19,30-31,50H,10,12,16-17,20-23H2,1-2H3,(H,44,46)(H,51,52)/t30?,31-,42?/m1/s1. The number of nitrogens with one attached hydrogen (secondary N) is 1. The van der Waals surface area contributed by atoms with Crippen molar-refractivity contribution in [1.82, 2.24) is 24.8 Å². The number of rotatable bonds is 9. The van der Waals surface area contributed by atoms with Gasteiger partial charge in [0.25, 0.3) is 0 Å². The zero-order valence-electron chi connectivity index (χ0n) is 29.6. The number of nitriles is 1. The second-order valence-corrected chi connectivity index (χ2v) is 15.0. The molecule has 4 fully saturated rings. The topological polar surface area (TPSA) is 152 Å². The third-order valence-electron chi connectivity index (χ3n) is 11.5. The Bertz CT molecular complexity index is 2480. The summed E-state index contributed by atoms with van der Waals surface area (Å²) in [6.07, 6.45) is 5.62. The van der Waals surface area contributed by atoms with E-state index < -0.39 is 11.4 Å². The van der Waals surface area contributed by atoms with Crippen molar-refractivity contribution in [3.63, 3.8) is 0 Å². The molecule has 266 valence electrons. The predicted molar refractivity (Wildman–Crippen MR) is 201 cm³/mol. The third-order valence-corrected chi connectivity index (χ3v) is 11.5. The minimum atomic E-state index is -0.717. The number of anilines is 2. The van der Waals surface area contributed by atoms with E-state index in [1.807, 2.05) is 48.7 Å². The molecule has 0 spiro atoms. The largest absolute Gasteiger partial charge is 0.481 e. The van der Waals surface area contributed by atoms with E-state index in [2.05, 4.69) is 58.2 Å². The average Bonchev–Trinajstić information content (AvgIpc) is 3.92. The van der Waals surface area contributed by atoms with Crippen LogP contribution in [0.15, 0.2) is 77.5 Å². The lowest BCUT2D eigenvalue weighted by Crippen LogP contribution is -2.40. The van der Waals surface area contributed by atoms with Crippen LogP contribution in [-0.2, 0) is 17.9 Å². The zero-order chi connectivity index (χ0) is 36.4. The Balaban J connectivity index is 0.990. The van der Waals surface area contributed by atoms with E-state index >= 15 is 0 Å². The minimum absolute atomic E-state index is 0.254. The first-order chi connectivity index (χ1) is 25.7. The SMILES string of the molecule is Cc1c(Nc2nccc3cc(CN4CC[C@@H](O)C4)cnc23)cccc1-c1cccc(-c2nc3cc(CN4CC5(C(=O)O)CC4C5)cc(C#N)c3o2)c1C. The second kappa shape index (κ2) is 12.8. The number of hydrogen-bond donors (Lipinski definition) is 3. The predicted octanol–water partition coefficient (Wildman–Crippen LogP) is 6.95. The molecule has 0 unspecified atom stereocenters. The van der Waals surface area contributed by atoms with Gasteiger partial charge in [0.1, 0.15) is 17.1 Å². The number of β-amino-alcohol motifs (C(OH)–C–C–N with tert-alkyl or cyclic N) is 1. The number of carboxylic acid groups (broad SMARTS) is 1. The first-order valence-corrected chi connectivity index (χ1v) is 18.1. The summed E-state index contributed by atoms with van der Waals surface area (Å²) >= 11 is 0. The van der Waals surface area contributed by atoms with E-state index in [0.717, 1.165) is 75.0 Å². The molecule has 6 aromatic rings. The second-order valence-electron chi connectivity index (χ2n) is 15.0. The quantitative estimate of drug-likeness (QED) is 0.143. The first-order valence-electron chi connectivity index (χ1n) is 18.1. The van der Waals surface area contributed by atoms with Crippen LogP contribution in [0.2, 0.25) is 0 Å². The molecule has 11 heteroatoms. The van der Waals surface area contributed by atoms with Crippen LogP contribution in [0.4, 0.5) is 11.5 Å². The number of aliphatic carboxylic acids is 1. The van der Waals surface area contributed by atoms with E-state index in [0.29, 0.717) is 60.8 Å². The summed E-state index contributed by atoms with van der Waals surface area (Å²) in [5, 5.41) is 34.3. The molecule has 53 heavy (non-hydrogen) atoms. The molecule has 6 heterocycles. The van der Waals surface area contributed by atoms with Gasteiger partial charge in [-0.2, -0.15) is 5.26 Å². The summed E-state index contributed by atoms with van der Waals surface area (Å²) < 4.78 is 6.31. The molecular formula is C42H39N7O4. The van der Waals surface area contributed by atoms with E-state index in [1.165, 1.54) is 0 Å². The highest BCUT2D eigenvalue weighted by Crippen LogP contribution is 2.52. The normalized spacial score (nSPS) is 21.2. The summed E-state index contributed by atoms with van der Waals surface area (Å²) in [4.78, 5) is 30.6. The number of aliphatic hydroxyl groups is 1. The van der Waals surface area contributed by atoms with Gasteiger partial charge in [-0.3, -0.25) is 19.6 Å². The number of carboxylic acids is 1. The van der Waals surface area contributed by atoms with Crippen molar-refractivity contribution < 1.29 is 19.4 Å². The number of pyridine rings is 2. The van der Waals surface area contributed by atoms with Gasteiger partial charge in [-0.05, 0) is 103 Å². The fourth-order valence-corrected chi connectivity index (χ4v) is 8.64. The van der Waals surface area contributed by atoms with Crippen molar-refractivity contribution in [2.75, 3.05) is 25.0 Å². The van der Waals surface area contributed by atoms with Gasteiger partial charge in [0.15, 0.2) is 11.4 Å². The lowest BCUT2D eigenvalue weighted by atomic mass is 9.70. The number of oxazole rings is 1. The van der Waals surface area contributed by atoms with E-state index in [4.69, 9.17) is 14.4 Å². The Morgan fingerprint density at radius 1 is 1.02 bits per heavy atom. The number of fused-ring (bicyclic) bond motifs is 3. The number of aromatic nitrogens is 3. The van der Waals surface area contributed by atoms with Crippen LogP contribution in [0.25, 0.3) is 44.6 Å². The summed E-state index contributed by atoms with van der Waals surface area (Å²) in [7, 11) is 0. The number of likely N-dealkylation sites (tertiary alicyclic amines) is 1. The molecular weight excluding hydrogens is 667 g/mol. The first kappa shape index (κ1) is 33.2. The van der Waals surface area contributed by atoms with Crippen molar-refractivity contribution in [3.05, 3.63) is 101 Å². The maximum absolute atomic E-state index is 11.8. The van der Waals surface area contributed by atoms with Gasteiger partial charge in [0.05, 0.1) is 17.1 Å². The Labute approximate surface area is 306 Å². The fraction of sp³-hybridized carbons (Fsp3) is 0.310. The maximum Gasteiger partial charge on any atom is 0.311 e. The molecule has 1 aliphatic carbocycles. The van der Waals surface area contributed by atoms with Crippen molar-refractivity contribution in [1.29, 1.82) is 5.26 Å². The molecule has 3 N–H and O–H groups in total. The van der Waals surface area contributed by atoms with Gasteiger partial charge in [0.2, 0.25) is 5.89 Å². The highest BCUT2D eigenvalue weighted by Gasteiger charge is 2.59. The molecule has 10 rings (SSSR count). The summed E-state index contributed by atoms with van der Waals surface area (Å²) in [5.41, 5.74) is 9.56. The molecule has 4 aliphatic rings. The van der Waals surface area contributed by atoms with Crippen LogP contribution in [0.3, 0.4) is 0 Å². The number of hydrogen-bond acceptors (Lipinski definition) is 10. The van der Waals surface area contributed by atoms with Gasteiger partial charge in [-0.1, -0.05) is 24.3 Å². The van der Waals surface area contributed by atoms with Gasteiger partial charge in [0, 0.05) is 67.8 Å². The molecule has 1 saturated carbocycles. The molecule has 1 atom stereocenters. The van der Waals surface area contributed by atoms with Gasteiger partial charge in [-0.25, -0.2) is 9.97 Å². The lowest BCUT2D eigenvalue weighted by molar-refractivity contribution is -0.150. The molecule has 0 radical (unpaired) electrons. The number of benzene rings is 3. The highest BCUT2D eigenvalue weighted by molar-refractivity contribution is 5.91. The van der Waals surface area contributed by atoms with E-state index in [9.17, 15) is 20.3 Å². The lowest BCUT2D eigenvalue weighted by Gasteiger charge is -2.33. The third kappa shape index (κ3) is 5.80. The van der Waals surface area contributed by atoms with Crippen LogP contribution < -0.4 is 5.32 Å². The Morgan fingerprint density at radius 3 is 2.57 bits per heavy atom. The van der Waals surface area contributed by atoms with E-state index in [1.54, 1.807) is 6.20 Å². The summed E-state index contributed by atoms with van der Waals surface area (Å²) in [6.45, 7) is 7.58. The Hall–Kier alpha value is -5.67. The minimum Gasteiger partial charge on any atom is -0.481 e. The number of carbonyl (C=O) groups is 1. The molecule has 11 nitrogen and oxygen atoms in total. The Morgan fingerprint density at radius 2 is 1.81 bits per heavy atom. The van der Waals surface area contributed by atoms with Gasteiger partial charge < -0.3 is 19.9 Å². The smallest absolute Gasteiger partial charge is 0.311 e. The highest BCUT2D eigenvalue weighted by atomic mass is 16.4. The molecule has 3 aliphatic heterocycles. The molecule has 3 aromatic carbocycles. The number of aliphatic hydroxyl groups excluding tert-OH is 1. The van der Waals surface area contributed by atoms with Crippen LogP contribution in [0.1, 0.15) is 47.1 Å². The zero-order valence-corrected chi connectivity index (χ0v) is 29.6. The summed E-state index contributed by atoms with van der Waals surface area (Å²) in [5.74, 6) is 0.406. The van der Waals surface area contributed by atoms with Gasteiger partial charge in [-0.15, -0.1) is 0 Å². The average molecular weight is 706 g/mol. The molecule has 0 amide bonds. The van der Waals surface area contributed by atoms with Crippen LogP contribution in [0, 0.1) is 30.6 Å². The maximum atomic E-state index is 11.8. The molecule has 3 aromatic heterocycles. The van der Waals surface area contributed by atoms with Crippen molar-refractivity contribution >= 4 is 39.5 Å². The van der Waals surface area contributed by atoms with Crippen LogP contribution in [-0.4, -0.2) is 72.7 Å².